The van der Waals surface area contributed by atoms with E-state index in [4.69, 9.17) is 4.74 Å². The van der Waals surface area contributed by atoms with Gasteiger partial charge in [0.15, 0.2) is 0 Å². The van der Waals surface area contributed by atoms with Gasteiger partial charge in [0, 0.05) is 24.6 Å². The third-order valence-electron chi connectivity index (χ3n) is 4.65. The largest absolute Gasteiger partial charge is 0.497 e. The van der Waals surface area contributed by atoms with E-state index < -0.39 is 0 Å². The Hall–Kier alpha value is -1.06. The molecule has 1 aliphatic rings. The standard InChI is InChI=1S/C17H27NO2/c1-14(15-6-8-16(20-2)9-7-15)18-12-17(13-19)10-4-3-5-11-17/h6-9,14,18-19H,3-5,10-13H2,1-2H3/t14-/m1/s1. The van der Waals surface area contributed by atoms with Gasteiger partial charge in [-0.15, -0.1) is 0 Å². The molecule has 0 saturated heterocycles. The van der Waals surface area contributed by atoms with Crippen molar-refractivity contribution in [1.29, 1.82) is 0 Å². The van der Waals surface area contributed by atoms with E-state index in [-0.39, 0.29) is 5.41 Å². The zero-order valence-electron chi connectivity index (χ0n) is 12.7. The zero-order valence-corrected chi connectivity index (χ0v) is 12.7. The maximum absolute atomic E-state index is 9.74. The number of nitrogens with one attached hydrogen (secondary N) is 1. The second-order valence-corrected chi connectivity index (χ2v) is 6.09. The summed E-state index contributed by atoms with van der Waals surface area (Å²) in [6.07, 6.45) is 6.10. The van der Waals surface area contributed by atoms with Gasteiger partial charge in [-0.3, -0.25) is 0 Å². The van der Waals surface area contributed by atoms with Gasteiger partial charge in [0.25, 0.3) is 0 Å². The number of hydrogen-bond donors (Lipinski definition) is 2. The van der Waals surface area contributed by atoms with E-state index in [1.54, 1.807) is 7.11 Å². The van der Waals surface area contributed by atoms with E-state index in [0.29, 0.717) is 12.6 Å². The van der Waals surface area contributed by atoms with E-state index in [1.165, 1.54) is 24.8 Å². The van der Waals surface area contributed by atoms with Crippen molar-refractivity contribution in [2.24, 2.45) is 5.41 Å². The molecule has 112 valence electrons. The first-order valence-electron chi connectivity index (χ1n) is 7.67. The molecule has 20 heavy (non-hydrogen) atoms. The summed E-state index contributed by atoms with van der Waals surface area (Å²) in [4.78, 5) is 0. The van der Waals surface area contributed by atoms with Crippen molar-refractivity contribution in [3.05, 3.63) is 29.8 Å². The first-order chi connectivity index (χ1) is 9.69. The van der Waals surface area contributed by atoms with Gasteiger partial charge in [-0.05, 0) is 37.5 Å². The molecule has 0 spiro atoms. The molecule has 0 aliphatic heterocycles. The highest BCUT2D eigenvalue weighted by atomic mass is 16.5. The van der Waals surface area contributed by atoms with Crippen LogP contribution in [0.1, 0.15) is 50.6 Å². The quantitative estimate of drug-likeness (QED) is 0.838. The van der Waals surface area contributed by atoms with Crippen LogP contribution in [0.2, 0.25) is 0 Å². The maximum atomic E-state index is 9.74. The van der Waals surface area contributed by atoms with Gasteiger partial charge in [0.1, 0.15) is 5.75 Å². The third-order valence-corrected chi connectivity index (χ3v) is 4.65. The van der Waals surface area contributed by atoms with Gasteiger partial charge >= 0.3 is 0 Å². The van der Waals surface area contributed by atoms with Crippen LogP contribution in [0.25, 0.3) is 0 Å². The van der Waals surface area contributed by atoms with Crippen molar-refractivity contribution in [2.45, 2.75) is 45.1 Å². The fraction of sp³-hybridized carbons (Fsp3) is 0.647. The summed E-state index contributed by atoms with van der Waals surface area (Å²) >= 11 is 0. The van der Waals surface area contributed by atoms with E-state index >= 15 is 0 Å². The van der Waals surface area contributed by atoms with Crippen molar-refractivity contribution >= 4 is 0 Å². The minimum absolute atomic E-state index is 0.0962. The molecule has 1 aromatic rings. The minimum atomic E-state index is 0.0962. The molecule has 0 heterocycles. The van der Waals surface area contributed by atoms with E-state index in [1.807, 2.05) is 12.1 Å². The number of rotatable bonds is 6. The summed E-state index contributed by atoms with van der Waals surface area (Å²) in [5.74, 6) is 0.889. The number of ether oxygens (including phenoxy) is 1. The first-order valence-corrected chi connectivity index (χ1v) is 7.67. The average Bonchev–Trinajstić information content (AvgIpc) is 2.53. The smallest absolute Gasteiger partial charge is 0.118 e. The molecule has 0 amide bonds. The SMILES string of the molecule is COc1ccc([C@@H](C)NCC2(CO)CCCCC2)cc1. The van der Waals surface area contributed by atoms with Crippen LogP contribution >= 0.6 is 0 Å². The van der Waals surface area contributed by atoms with Crippen LogP contribution in [-0.4, -0.2) is 25.4 Å². The number of methoxy groups -OCH3 is 1. The molecular formula is C17H27NO2. The molecule has 0 bridgehead atoms. The van der Waals surface area contributed by atoms with E-state index in [2.05, 4.69) is 24.4 Å². The van der Waals surface area contributed by atoms with Crippen LogP contribution in [0.15, 0.2) is 24.3 Å². The van der Waals surface area contributed by atoms with Crippen LogP contribution in [0.5, 0.6) is 5.75 Å². The molecular weight excluding hydrogens is 250 g/mol. The van der Waals surface area contributed by atoms with Gasteiger partial charge in [-0.2, -0.15) is 0 Å². The molecule has 2 rings (SSSR count). The van der Waals surface area contributed by atoms with Crippen LogP contribution < -0.4 is 10.1 Å². The monoisotopic (exact) mass is 277 g/mol. The second kappa shape index (κ2) is 7.09. The highest BCUT2D eigenvalue weighted by Gasteiger charge is 2.31. The lowest BCUT2D eigenvalue weighted by atomic mass is 9.74. The Labute approximate surface area is 122 Å². The molecule has 2 N–H and O–H groups in total. The van der Waals surface area contributed by atoms with E-state index in [0.717, 1.165) is 25.1 Å². The minimum Gasteiger partial charge on any atom is -0.497 e. The molecule has 1 aromatic carbocycles. The van der Waals surface area contributed by atoms with Crippen molar-refractivity contribution in [1.82, 2.24) is 5.32 Å². The number of benzene rings is 1. The second-order valence-electron chi connectivity index (χ2n) is 6.09. The molecule has 1 saturated carbocycles. The van der Waals surface area contributed by atoms with Crippen molar-refractivity contribution in [3.63, 3.8) is 0 Å². The average molecular weight is 277 g/mol. The summed E-state index contributed by atoms with van der Waals surface area (Å²) in [5, 5.41) is 13.3. The van der Waals surface area contributed by atoms with E-state index in [9.17, 15) is 5.11 Å². The summed E-state index contributed by atoms with van der Waals surface area (Å²) in [6.45, 7) is 3.38. The van der Waals surface area contributed by atoms with Crippen molar-refractivity contribution in [2.75, 3.05) is 20.3 Å². The Morgan fingerprint density at radius 1 is 1.20 bits per heavy atom. The molecule has 1 fully saturated rings. The highest BCUT2D eigenvalue weighted by Crippen LogP contribution is 2.35. The van der Waals surface area contributed by atoms with Gasteiger partial charge in [-0.1, -0.05) is 31.4 Å². The fourth-order valence-electron chi connectivity index (χ4n) is 3.07. The molecule has 1 atom stereocenters. The lowest BCUT2D eigenvalue weighted by molar-refractivity contribution is 0.0789. The number of aliphatic hydroxyl groups is 1. The van der Waals surface area contributed by atoms with Gasteiger partial charge in [0.05, 0.1) is 7.11 Å². The Bertz CT molecular complexity index is 396. The lowest BCUT2D eigenvalue weighted by Gasteiger charge is -2.36. The Balaban J connectivity index is 1.91. The highest BCUT2D eigenvalue weighted by molar-refractivity contribution is 5.28. The summed E-state index contributed by atoms with van der Waals surface area (Å²) < 4.78 is 5.18. The molecule has 0 unspecified atom stereocenters. The molecule has 0 aromatic heterocycles. The van der Waals surface area contributed by atoms with Crippen LogP contribution in [-0.2, 0) is 0 Å². The Kier molecular flexibility index (Phi) is 5.44. The Morgan fingerprint density at radius 3 is 2.40 bits per heavy atom. The summed E-state index contributed by atoms with van der Waals surface area (Å²) in [7, 11) is 1.69. The maximum Gasteiger partial charge on any atom is 0.118 e. The van der Waals surface area contributed by atoms with Gasteiger partial charge in [0.2, 0.25) is 0 Å². The summed E-state index contributed by atoms with van der Waals surface area (Å²) in [6, 6.07) is 8.49. The van der Waals surface area contributed by atoms with Gasteiger partial charge < -0.3 is 15.2 Å². The topological polar surface area (TPSA) is 41.5 Å². The van der Waals surface area contributed by atoms with Crippen molar-refractivity contribution < 1.29 is 9.84 Å². The number of aliphatic hydroxyl groups excluding tert-OH is 1. The fourth-order valence-corrected chi connectivity index (χ4v) is 3.07. The predicted molar refractivity (Wildman–Crippen MR) is 82.0 cm³/mol. The number of hydrogen-bond acceptors (Lipinski definition) is 3. The third kappa shape index (κ3) is 3.74. The predicted octanol–water partition coefficient (Wildman–Crippen LogP) is 3.29. The van der Waals surface area contributed by atoms with Crippen LogP contribution in [0.3, 0.4) is 0 Å². The molecule has 3 nitrogen and oxygen atoms in total. The molecule has 1 aliphatic carbocycles. The lowest BCUT2D eigenvalue weighted by Crippen LogP contribution is -2.39. The van der Waals surface area contributed by atoms with Gasteiger partial charge in [-0.25, -0.2) is 0 Å². The van der Waals surface area contributed by atoms with Crippen LogP contribution in [0.4, 0.5) is 0 Å². The van der Waals surface area contributed by atoms with Crippen LogP contribution in [0, 0.1) is 5.41 Å². The molecule has 3 heteroatoms. The first kappa shape index (κ1) is 15.3. The summed E-state index contributed by atoms with van der Waals surface area (Å²) in [5.41, 5.74) is 1.36. The normalized spacial score (nSPS) is 19.6. The Morgan fingerprint density at radius 2 is 1.85 bits per heavy atom. The zero-order chi connectivity index (χ0) is 14.4. The molecule has 0 radical (unpaired) electrons. The van der Waals surface area contributed by atoms with Crippen molar-refractivity contribution in [3.8, 4) is 5.75 Å².